The van der Waals surface area contributed by atoms with Gasteiger partial charge in [-0.3, -0.25) is 14.4 Å². The van der Waals surface area contributed by atoms with E-state index < -0.39 is 6.10 Å². The van der Waals surface area contributed by atoms with E-state index in [1.807, 2.05) is 0 Å². The van der Waals surface area contributed by atoms with Crippen molar-refractivity contribution in [2.45, 2.75) is 310 Å². The van der Waals surface area contributed by atoms with E-state index in [9.17, 15) is 14.4 Å². The average Bonchev–Trinajstić information content (AvgIpc) is 3.24. The van der Waals surface area contributed by atoms with Crippen molar-refractivity contribution in [3.63, 3.8) is 0 Å². The molecule has 0 aliphatic carbocycles. The maximum atomic E-state index is 12.8. The zero-order valence-corrected chi connectivity index (χ0v) is 41.8. The van der Waals surface area contributed by atoms with Gasteiger partial charge in [0, 0.05) is 19.3 Å². The van der Waals surface area contributed by atoms with E-state index in [-0.39, 0.29) is 31.1 Å². The zero-order valence-electron chi connectivity index (χ0n) is 41.8. The Morgan fingerprint density at radius 1 is 0.344 bits per heavy atom. The van der Waals surface area contributed by atoms with Gasteiger partial charge in [0.15, 0.2) is 6.10 Å². The zero-order chi connectivity index (χ0) is 44.7. The molecule has 0 amide bonds. The summed E-state index contributed by atoms with van der Waals surface area (Å²) in [6, 6.07) is 0. The van der Waals surface area contributed by atoms with Gasteiger partial charge in [0.25, 0.3) is 0 Å². The van der Waals surface area contributed by atoms with Crippen LogP contribution in [0.4, 0.5) is 0 Å². The fourth-order valence-electron chi connectivity index (χ4n) is 8.31. The molecule has 0 aromatic heterocycles. The Morgan fingerprint density at radius 3 is 0.934 bits per heavy atom. The minimum absolute atomic E-state index is 0.0635. The quantitative estimate of drug-likeness (QED) is 0.0344. The average molecular weight is 863 g/mol. The van der Waals surface area contributed by atoms with Gasteiger partial charge >= 0.3 is 17.9 Å². The van der Waals surface area contributed by atoms with Gasteiger partial charge in [-0.05, 0) is 31.1 Å². The number of hydrogen-bond donors (Lipinski definition) is 0. The Kier molecular flexibility index (Phi) is 46.6. The van der Waals surface area contributed by atoms with Gasteiger partial charge < -0.3 is 14.2 Å². The van der Waals surface area contributed by atoms with Crippen molar-refractivity contribution in [1.29, 1.82) is 0 Å². The number of carbonyl (C=O) groups excluding carboxylic acids is 3. The summed E-state index contributed by atoms with van der Waals surface area (Å²) in [4.78, 5) is 38.0. The Balaban J connectivity index is 4.31. The first-order chi connectivity index (χ1) is 29.8. The van der Waals surface area contributed by atoms with Crippen molar-refractivity contribution in [1.82, 2.24) is 0 Å². The van der Waals surface area contributed by atoms with Crippen LogP contribution in [0.25, 0.3) is 0 Å². The van der Waals surface area contributed by atoms with E-state index in [1.165, 1.54) is 193 Å². The van der Waals surface area contributed by atoms with Crippen LogP contribution in [0.3, 0.4) is 0 Å². The van der Waals surface area contributed by atoms with Crippen LogP contribution in [0.2, 0.25) is 0 Å². The molecule has 1 unspecified atom stereocenters. The molecule has 6 heteroatoms. The Bertz CT molecular complexity index is 933. The van der Waals surface area contributed by atoms with Crippen molar-refractivity contribution < 1.29 is 28.6 Å². The van der Waals surface area contributed by atoms with Crippen LogP contribution in [0.15, 0.2) is 0 Å². The molecular formula is C55H106O6. The highest BCUT2D eigenvalue weighted by molar-refractivity contribution is 5.71. The molecule has 0 saturated carbocycles. The summed E-state index contributed by atoms with van der Waals surface area (Å²) in [6.07, 6.45) is 49.4. The largest absolute Gasteiger partial charge is 0.462 e. The second-order valence-electron chi connectivity index (χ2n) is 19.6. The maximum Gasteiger partial charge on any atom is 0.306 e. The monoisotopic (exact) mass is 863 g/mol. The molecule has 0 rings (SSSR count). The summed E-state index contributed by atoms with van der Waals surface area (Å²) >= 11 is 0. The van der Waals surface area contributed by atoms with Crippen LogP contribution >= 0.6 is 0 Å². The van der Waals surface area contributed by atoms with Gasteiger partial charge in [0.2, 0.25) is 0 Å². The smallest absolute Gasteiger partial charge is 0.306 e. The molecule has 0 heterocycles. The van der Waals surface area contributed by atoms with E-state index in [1.54, 1.807) is 0 Å². The van der Waals surface area contributed by atoms with Gasteiger partial charge in [-0.2, -0.15) is 0 Å². The van der Waals surface area contributed by atoms with E-state index in [0.717, 1.165) is 69.6 Å². The normalized spacial score (nSPS) is 12.5. The van der Waals surface area contributed by atoms with Crippen molar-refractivity contribution >= 4 is 17.9 Å². The van der Waals surface area contributed by atoms with Gasteiger partial charge in [-0.15, -0.1) is 0 Å². The highest BCUT2D eigenvalue weighted by Gasteiger charge is 2.19. The van der Waals surface area contributed by atoms with Crippen LogP contribution < -0.4 is 0 Å². The summed E-state index contributed by atoms with van der Waals surface area (Å²) in [5, 5.41) is 0. The topological polar surface area (TPSA) is 78.9 Å². The van der Waals surface area contributed by atoms with Crippen molar-refractivity contribution in [2.24, 2.45) is 11.8 Å². The minimum Gasteiger partial charge on any atom is -0.462 e. The van der Waals surface area contributed by atoms with Crippen LogP contribution in [0.5, 0.6) is 0 Å². The van der Waals surface area contributed by atoms with Gasteiger partial charge in [0.1, 0.15) is 13.2 Å². The fourth-order valence-corrected chi connectivity index (χ4v) is 8.31. The number of ether oxygens (including phenoxy) is 3. The predicted octanol–water partition coefficient (Wildman–Crippen LogP) is 17.7. The third kappa shape index (κ3) is 47.7. The Morgan fingerprint density at radius 2 is 0.623 bits per heavy atom. The van der Waals surface area contributed by atoms with E-state index in [2.05, 4.69) is 34.6 Å². The first-order valence-electron chi connectivity index (χ1n) is 27.3. The number of esters is 3. The summed E-state index contributed by atoms with van der Waals surface area (Å²) in [6.45, 7) is 11.4. The molecule has 0 aliphatic rings. The summed E-state index contributed by atoms with van der Waals surface area (Å²) < 4.78 is 16.8. The molecule has 0 fully saturated rings. The summed E-state index contributed by atoms with van der Waals surface area (Å²) in [5.74, 6) is 0.834. The SMILES string of the molecule is CCCCCCCCCCCCCCCCCCC(=O)OC[C@@H](COC(=O)CCCCCCCCCCC(C)CC)OC(=O)CCCCCCCCCCCCCCC(C)C. The molecule has 0 spiro atoms. The van der Waals surface area contributed by atoms with Gasteiger partial charge in [-0.25, -0.2) is 0 Å². The molecule has 61 heavy (non-hydrogen) atoms. The van der Waals surface area contributed by atoms with E-state index in [4.69, 9.17) is 14.2 Å². The van der Waals surface area contributed by atoms with Gasteiger partial charge in [0.05, 0.1) is 0 Å². The molecule has 2 atom stereocenters. The second kappa shape index (κ2) is 47.9. The first kappa shape index (κ1) is 59.4. The van der Waals surface area contributed by atoms with Crippen molar-refractivity contribution in [3.05, 3.63) is 0 Å². The molecule has 0 bridgehead atoms. The third-order valence-electron chi connectivity index (χ3n) is 12.8. The lowest BCUT2D eigenvalue weighted by Gasteiger charge is -2.18. The number of rotatable bonds is 49. The van der Waals surface area contributed by atoms with Crippen LogP contribution in [0, 0.1) is 11.8 Å². The van der Waals surface area contributed by atoms with Gasteiger partial charge in [-0.1, -0.05) is 266 Å². The Hall–Kier alpha value is -1.59. The molecule has 0 aromatic carbocycles. The Labute approximate surface area is 380 Å². The molecule has 0 aromatic rings. The van der Waals surface area contributed by atoms with Crippen LogP contribution in [-0.4, -0.2) is 37.2 Å². The predicted molar refractivity (Wildman–Crippen MR) is 261 cm³/mol. The number of hydrogen-bond acceptors (Lipinski definition) is 6. The molecule has 362 valence electrons. The lowest BCUT2D eigenvalue weighted by molar-refractivity contribution is -0.167. The highest BCUT2D eigenvalue weighted by atomic mass is 16.6. The van der Waals surface area contributed by atoms with Crippen LogP contribution in [-0.2, 0) is 28.6 Å². The summed E-state index contributed by atoms with van der Waals surface area (Å²) in [5.41, 5.74) is 0. The molecule has 0 saturated heterocycles. The third-order valence-corrected chi connectivity index (χ3v) is 12.8. The molecular weight excluding hydrogens is 757 g/mol. The van der Waals surface area contributed by atoms with E-state index in [0.29, 0.717) is 19.3 Å². The van der Waals surface area contributed by atoms with Crippen LogP contribution in [0.1, 0.15) is 304 Å². The second-order valence-corrected chi connectivity index (χ2v) is 19.6. The fraction of sp³-hybridized carbons (Fsp3) is 0.945. The highest BCUT2D eigenvalue weighted by Crippen LogP contribution is 2.18. The first-order valence-corrected chi connectivity index (χ1v) is 27.3. The maximum absolute atomic E-state index is 12.8. The molecule has 6 nitrogen and oxygen atoms in total. The van der Waals surface area contributed by atoms with Crippen molar-refractivity contribution in [3.8, 4) is 0 Å². The molecule has 0 aliphatic heterocycles. The molecule has 0 radical (unpaired) electrons. The van der Waals surface area contributed by atoms with Crippen molar-refractivity contribution in [2.75, 3.05) is 13.2 Å². The standard InChI is InChI=1S/C55H106O6/c1-6-8-9-10-11-12-13-14-15-16-17-21-24-30-35-40-45-53(56)59-48-52(49-60-54(57)46-41-36-31-27-26-29-34-39-44-51(5)7-2)61-55(58)47-42-37-32-25-22-19-18-20-23-28-33-38-43-50(3)4/h50-52H,6-49H2,1-5H3/t51?,52-/m0/s1. The number of unbranched alkanes of at least 4 members (excludes halogenated alkanes) is 33. The lowest BCUT2D eigenvalue weighted by Crippen LogP contribution is -2.30. The number of carbonyl (C=O) groups is 3. The summed E-state index contributed by atoms with van der Waals surface area (Å²) in [7, 11) is 0. The van der Waals surface area contributed by atoms with E-state index >= 15 is 0 Å². The molecule has 0 N–H and O–H groups in total. The minimum atomic E-state index is -0.762. The lowest BCUT2D eigenvalue weighted by atomic mass is 9.99.